The number of rotatable bonds is 12. The zero-order valence-electron chi connectivity index (χ0n) is 13.9. The minimum atomic E-state index is 0.308. The molecule has 0 saturated heterocycles. The van der Waals surface area contributed by atoms with E-state index < -0.39 is 0 Å². The van der Waals surface area contributed by atoms with Gasteiger partial charge in [0.25, 0.3) is 0 Å². The van der Waals surface area contributed by atoms with Crippen molar-refractivity contribution >= 4 is 41.0 Å². The largest absolute Gasteiger partial charge is 0.336 e. The Bertz CT molecular complexity index is 543. The maximum absolute atomic E-state index is 10.8. The van der Waals surface area contributed by atoms with Crippen molar-refractivity contribution in [3.8, 4) is 0 Å². The fourth-order valence-electron chi connectivity index (χ4n) is 2.37. The SMILES string of the molecule is CC(=O)CCCCCCCCCCC(=S)Nc1ccnc(=S)[nH]1. The summed E-state index contributed by atoms with van der Waals surface area (Å²) in [6.45, 7) is 1.67. The first-order valence-electron chi connectivity index (χ1n) is 8.42. The van der Waals surface area contributed by atoms with Crippen LogP contribution in [-0.4, -0.2) is 20.7 Å². The quantitative estimate of drug-likeness (QED) is 0.391. The molecule has 0 unspecified atom stereocenters. The molecule has 0 saturated carbocycles. The van der Waals surface area contributed by atoms with Crippen LogP contribution in [0.15, 0.2) is 12.3 Å². The van der Waals surface area contributed by atoms with Gasteiger partial charge in [0.05, 0.1) is 4.99 Å². The number of ketones is 1. The summed E-state index contributed by atoms with van der Waals surface area (Å²) < 4.78 is 0.459. The maximum atomic E-state index is 10.8. The molecule has 1 rings (SSSR count). The molecule has 0 radical (unpaired) electrons. The number of aromatic amines is 1. The third kappa shape index (κ3) is 11.1. The van der Waals surface area contributed by atoms with E-state index in [1.54, 1.807) is 13.1 Å². The topological polar surface area (TPSA) is 57.8 Å². The second-order valence-electron chi connectivity index (χ2n) is 5.87. The summed E-state index contributed by atoms with van der Waals surface area (Å²) in [5.41, 5.74) is 0. The van der Waals surface area contributed by atoms with E-state index in [2.05, 4.69) is 15.3 Å². The molecule has 23 heavy (non-hydrogen) atoms. The molecule has 1 aromatic rings. The van der Waals surface area contributed by atoms with Crippen LogP contribution in [0.2, 0.25) is 0 Å². The zero-order valence-corrected chi connectivity index (χ0v) is 15.5. The number of unbranched alkanes of at least 4 members (excludes halogenated alkanes) is 7. The lowest BCUT2D eigenvalue weighted by molar-refractivity contribution is -0.117. The monoisotopic (exact) mass is 353 g/mol. The summed E-state index contributed by atoms with van der Waals surface area (Å²) >= 11 is 10.3. The van der Waals surface area contributed by atoms with Gasteiger partial charge in [0.1, 0.15) is 11.6 Å². The first-order chi connectivity index (χ1) is 11.1. The molecular weight excluding hydrogens is 326 g/mol. The number of hydrogen-bond acceptors (Lipinski definition) is 4. The molecule has 0 bridgehead atoms. The molecule has 0 fully saturated rings. The number of thiocarbonyl (C=S) groups is 1. The molecule has 128 valence electrons. The molecule has 0 aliphatic heterocycles. The summed E-state index contributed by atoms with van der Waals surface area (Å²) in [5, 5.41) is 3.16. The number of carbonyl (C=O) groups is 1. The van der Waals surface area contributed by atoms with Crippen LogP contribution >= 0.6 is 24.4 Å². The van der Waals surface area contributed by atoms with Gasteiger partial charge in [-0.25, -0.2) is 4.98 Å². The summed E-state index contributed by atoms with van der Waals surface area (Å²) in [6, 6.07) is 1.83. The van der Waals surface area contributed by atoms with E-state index in [4.69, 9.17) is 24.4 Å². The Morgan fingerprint density at radius 2 is 1.65 bits per heavy atom. The highest BCUT2D eigenvalue weighted by molar-refractivity contribution is 7.80. The van der Waals surface area contributed by atoms with Gasteiger partial charge < -0.3 is 15.1 Å². The van der Waals surface area contributed by atoms with Crippen molar-refractivity contribution in [3.63, 3.8) is 0 Å². The summed E-state index contributed by atoms with van der Waals surface area (Å²) in [7, 11) is 0. The molecule has 0 aliphatic carbocycles. The van der Waals surface area contributed by atoms with Crippen LogP contribution in [-0.2, 0) is 4.79 Å². The van der Waals surface area contributed by atoms with Crippen molar-refractivity contribution in [1.29, 1.82) is 0 Å². The van der Waals surface area contributed by atoms with Gasteiger partial charge in [0.2, 0.25) is 0 Å². The average molecular weight is 354 g/mol. The van der Waals surface area contributed by atoms with Gasteiger partial charge in [-0.1, -0.05) is 50.7 Å². The van der Waals surface area contributed by atoms with Crippen molar-refractivity contribution in [2.24, 2.45) is 0 Å². The van der Waals surface area contributed by atoms with E-state index in [1.165, 1.54) is 38.5 Å². The fourth-order valence-corrected chi connectivity index (χ4v) is 2.80. The number of nitrogens with one attached hydrogen (secondary N) is 2. The maximum Gasteiger partial charge on any atom is 0.198 e. The van der Waals surface area contributed by atoms with E-state index in [0.29, 0.717) is 10.6 Å². The van der Waals surface area contributed by atoms with Gasteiger partial charge in [-0.15, -0.1) is 0 Å². The highest BCUT2D eigenvalue weighted by atomic mass is 32.1. The van der Waals surface area contributed by atoms with E-state index in [9.17, 15) is 4.79 Å². The third-order valence-corrected chi connectivity index (χ3v) is 4.15. The second-order valence-corrected chi connectivity index (χ2v) is 6.75. The van der Waals surface area contributed by atoms with Crippen LogP contribution in [0.5, 0.6) is 0 Å². The van der Waals surface area contributed by atoms with Crippen molar-refractivity contribution in [1.82, 2.24) is 9.97 Å². The van der Waals surface area contributed by atoms with Gasteiger partial charge in [-0.3, -0.25) is 0 Å². The minimum absolute atomic E-state index is 0.308. The van der Waals surface area contributed by atoms with Crippen LogP contribution in [0.3, 0.4) is 0 Å². The highest BCUT2D eigenvalue weighted by Crippen LogP contribution is 2.11. The predicted octanol–water partition coefficient (Wildman–Crippen LogP) is 5.37. The van der Waals surface area contributed by atoms with Crippen molar-refractivity contribution in [3.05, 3.63) is 17.0 Å². The molecule has 4 nitrogen and oxygen atoms in total. The standard InChI is InChI=1S/C17H27N3OS2/c1-14(21)10-8-6-4-2-3-5-7-9-11-16(22)19-15-12-13-18-17(23)20-15/h12-13H,2-11H2,1H3,(H2,18,19,20,22,23). The smallest absolute Gasteiger partial charge is 0.198 e. The van der Waals surface area contributed by atoms with E-state index in [1.807, 2.05) is 6.07 Å². The van der Waals surface area contributed by atoms with Gasteiger partial charge >= 0.3 is 0 Å². The van der Waals surface area contributed by atoms with Crippen molar-refractivity contribution < 1.29 is 4.79 Å². The Morgan fingerprint density at radius 3 is 2.22 bits per heavy atom. The summed E-state index contributed by atoms with van der Waals surface area (Å²) in [5.74, 6) is 1.11. The van der Waals surface area contributed by atoms with E-state index in [0.717, 1.165) is 36.5 Å². The molecule has 2 N–H and O–H groups in total. The Morgan fingerprint density at radius 1 is 1.09 bits per heavy atom. The van der Waals surface area contributed by atoms with Crippen LogP contribution in [0.4, 0.5) is 5.82 Å². The van der Waals surface area contributed by atoms with Gasteiger partial charge in [0.15, 0.2) is 4.77 Å². The first kappa shape index (κ1) is 19.9. The van der Waals surface area contributed by atoms with Crippen LogP contribution < -0.4 is 5.32 Å². The van der Waals surface area contributed by atoms with Crippen LogP contribution in [0.1, 0.15) is 71.1 Å². The molecule has 1 aromatic heterocycles. The lowest BCUT2D eigenvalue weighted by Crippen LogP contribution is -2.10. The number of carbonyl (C=O) groups excluding carboxylic acids is 1. The predicted molar refractivity (Wildman–Crippen MR) is 102 cm³/mol. The van der Waals surface area contributed by atoms with E-state index >= 15 is 0 Å². The second kappa shape index (κ2) is 12.3. The molecule has 1 heterocycles. The summed E-state index contributed by atoms with van der Waals surface area (Å²) in [4.78, 5) is 18.6. The fraction of sp³-hybridized carbons (Fsp3) is 0.647. The van der Waals surface area contributed by atoms with Crippen LogP contribution in [0.25, 0.3) is 0 Å². The number of hydrogen-bond donors (Lipinski definition) is 2. The Hall–Kier alpha value is -1.14. The first-order valence-corrected chi connectivity index (χ1v) is 9.24. The third-order valence-electron chi connectivity index (χ3n) is 3.63. The van der Waals surface area contributed by atoms with Crippen molar-refractivity contribution in [2.75, 3.05) is 5.32 Å². The lowest BCUT2D eigenvalue weighted by atomic mass is 10.1. The Kier molecular flexibility index (Phi) is 10.6. The number of Topliss-reactive ketones (excluding diaryl/α,β-unsaturated/α-hetero) is 1. The molecule has 0 atom stereocenters. The molecule has 0 aromatic carbocycles. The number of nitrogens with zero attached hydrogens (tertiary/aromatic N) is 1. The zero-order chi connectivity index (χ0) is 16.9. The van der Waals surface area contributed by atoms with Crippen LogP contribution in [0, 0.1) is 4.77 Å². The minimum Gasteiger partial charge on any atom is -0.336 e. The molecule has 0 spiro atoms. The Balaban J connectivity index is 1.95. The van der Waals surface area contributed by atoms with Gasteiger partial charge in [-0.05, 0) is 44.5 Å². The molecule has 0 aliphatic rings. The normalized spacial score (nSPS) is 10.5. The van der Waals surface area contributed by atoms with Gasteiger partial charge in [0, 0.05) is 12.6 Å². The van der Waals surface area contributed by atoms with Gasteiger partial charge in [-0.2, -0.15) is 0 Å². The average Bonchev–Trinajstić information content (AvgIpc) is 2.49. The lowest BCUT2D eigenvalue weighted by Gasteiger charge is -2.07. The molecular formula is C17H27N3OS2. The molecule has 6 heteroatoms. The number of H-pyrrole nitrogens is 1. The Labute approximate surface area is 149 Å². The number of aromatic nitrogens is 2. The summed E-state index contributed by atoms with van der Waals surface area (Å²) in [6.07, 6.45) is 12.9. The van der Waals surface area contributed by atoms with E-state index in [-0.39, 0.29) is 0 Å². The highest BCUT2D eigenvalue weighted by Gasteiger charge is 1.99. The van der Waals surface area contributed by atoms with Crippen molar-refractivity contribution in [2.45, 2.75) is 71.1 Å². The number of anilines is 1. The molecule has 0 amide bonds.